The van der Waals surface area contributed by atoms with Crippen molar-refractivity contribution in [3.63, 3.8) is 0 Å². The van der Waals surface area contributed by atoms with E-state index in [9.17, 15) is 0 Å². The van der Waals surface area contributed by atoms with E-state index in [1.165, 1.54) is 6.42 Å². The van der Waals surface area contributed by atoms with Crippen LogP contribution in [0.5, 0.6) is 0 Å². The molecule has 4 fully saturated rings. The van der Waals surface area contributed by atoms with Gasteiger partial charge in [0.15, 0.2) is 0 Å². The fraction of sp³-hybridized carbons (Fsp3) is 0.818. The monoisotopic (exact) mass is 148 g/mol. The lowest BCUT2D eigenvalue weighted by molar-refractivity contribution is 0.358. The average Bonchev–Trinajstić information content (AvgIpc) is 2.27. The van der Waals surface area contributed by atoms with E-state index in [1.807, 2.05) is 0 Å². The summed E-state index contributed by atoms with van der Waals surface area (Å²) in [5, 5.41) is 0. The summed E-state index contributed by atoms with van der Waals surface area (Å²) in [6.45, 7) is 8.91. The summed E-state index contributed by atoms with van der Waals surface area (Å²) in [6.07, 6.45) is 3.79. The molecule has 4 saturated carbocycles. The van der Waals surface area contributed by atoms with Gasteiger partial charge in [0.1, 0.15) is 0 Å². The molecule has 6 unspecified atom stereocenters. The summed E-state index contributed by atoms with van der Waals surface area (Å²) >= 11 is 0. The minimum absolute atomic E-state index is 0.629. The second-order valence-corrected chi connectivity index (χ2v) is 4.88. The summed E-state index contributed by atoms with van der Waals surface area (Å²) in [7, 11) is 0. The van der Waals surface area contributed by atoms with Gasteiger partial charge in [-0.15, -0.1) is 6.58 Å². The highest BCUT2D eigenvalue weighted by atomic mass is 14.8. The predicted octanol–water partition coefficient (Wildman–Crippen LogP) is 2.71. The Bertz CT molecular complexity index is 226. The van der Waals surface area contributed by atoms with Crippen molar-refractivity contribution in [1.29, 1.82) is 0 Å². The SMILES string of the molecule is C=CC12C(C)C3CC1C2C3C. The Morgan fingerprint density at radius 1 is 1.45 bits per heavy atom. The first-order valence-electron chi connectivity index (χ1n) is 4.87. The number of rotatable bonds is 1. The molecule has 4 aliphatic carbocycles. The first kappa shape index (κ1) is 6.28. The molecule has 4 bridgehead atoms. The molecule has 6 atom stereocenters. The van der Waals surface area contributed by atoms with E-state index in [1.54, 1.807) is 0 Å². The lowest BCUT2D eigenvalue weighted by Crippen LogP contribution is -2.09. The second-order valence-electron chi connectivity index (χ2n) is 4.88. The van der Waals surface area contributed by atoms with Gasteiger partial charge in [-0.25, -0.2) is 0 Å². The Hall–Kier alpha value is -0.260. The minimum Gasteiger partial charge on any atom is -0.102 e. The Morgan fingerprint density at radius 3 is 2.36 bits per heavy atom. The summed E-state index contributed by atoms with van der Waals surface area (Å²) < 4.78 is 0. The third-order valence-corrected chi connectivity index (χ3v) is 5.10. The normalized spacial score (nSPS) is 70.2. The molecule has 0 aromatic heterocycles. The van der Waals surface area contributed by atoms with Crippen LogP contribution in [0, 0.1) is 35.0 Å². The Kier molecular flexibility index (Phi) is 0.821. The van der Waals surface area contributed by atoms with Crippen LogP contribution in [0.25, 0.3) is 0 Å². The molecule has 0 aromatic carbocycles. The number of hydrogen-bond donors (Lipinski definition) is 0. The van der Waals surface area contributed by atoms with Crippen LogP contribution in [-0.4, -0.2) is 0 Å². The van der Waals surface area contributed by atoms with Gasteiger partial charge in [0.25, 0.3) is 0 Å². The average molecular weight is 148 g/mol. The van der Waals surface area contributed by atoms with E-state index in [4.69, 9.17) is 0 Å². The van der Waals surface area contributed by atoms with Crippen molar-refractivity contribution in [3.8, 4) is 0 Å². The van der Waals surface area contributed by atoms with Gasteiger partial charge in [-0.3, -0.25) is 0 Å². The maximum absolute atomic E-state index is 4.02. The minimum atomic E-state index is 0.629. The topological polar surface area (TPSA) is 0 Å². The zero-order chi connectivity index (χ0) is 7.80. The van der Waals surface area contributed by atoms with E-state index in [-0.39, 0.29) is 0 Å². The molecule has 0 aromatic rings. The third-order valence-electron chi connectivity index (χ3n) is 5.10. The molecular weight excluding hydrogens is 132 g/mol. The van der Waals surface area contributed by atoms with Gasteiger partial charge in [-0.05, 0) is 41.4 Å². The first-order valence-corrected chi connectivity index (χ1v) is 4.87. The Labute approximate surface area is 68.7 Å². The van der Waals surface area contributed by atoms with Gasteiger partial charge >= 0.3 is 0 Å². The molecule has 0 heteroatoms. The maximum atomic E-state index is 4.02. The largest absolute Gasteiger partial charge is 0.102 e. The fourth-order valence-corrected chi connectivity index (χ4v) is 4.63. The van der Waals surface area contributed by atoms with Gasteiger partial charge in [-0.2, -0.15) is 0 Å². The van der Waals surface area contributed by atoms with Gasteiger partial charge in [0, 0.05) is 0 Å². The van der Waals surface area contributed by atoms with Crippen molar-refractivity contribution in [2.24, 2.45) is 35.0 Å². The van der Waals surface area contributed by atoms with Crippen LogP contribution in [0.15, 0.2) is 12.7 Å². The van der Waals surface area contributed by atoms with E-state index < -0.39 is 0 Å². The van der Waals surface area contributed by atoms with Gasteiger partial charge in [0.05, 0.1) is 0 Å². The highest BCUT2D eigenvalue weighted by Crippen LogP contribution is 2.83. The molecule has 0 amide bonds. The summed E-state index contributed by atoms with van der Waals surface area (Å²) in [5.74, 6) is 5.09. The molecule has 0 nitrogen and oxygen atoms in total. The molecule has 0 spiro atoms. The highest BCUT2D eigenvalue weighted by Gasteiger charge is 2.79. The van der Waals surface area contributed by atoms with Crippen LogP contribution in [0.2, 0.25) is 0 Å². The molecule has 0 radical (unpaired) electrons. The number of hydrogen-bond acceptors (Lipinski definition) is 0. The third kappa shape index (κ3) is 0.389. The first-order chi connectivity index (χ1) is 5.23. The lowest BCUT2D eigenvalue weighted by Gasteiger charge is -2.15. The van der Waals surface area contributed by atoms with Crippen molar-refractivity contribution in [2.45, 2.75) is 20.3 Å². The lowest BCUT2D eigenvalue weighted by atomic mass is 9.90. The summed E-state index contributed by atoms with van der Waals surface area (Å²) in [6, 6.07) is 0. The summed E-state index contributed by atoms with van der Waals surface area (Å²) in [5.41, 5.74) is 0.629. The molecule has 60 valence electrons. The molecule has 0 N–H and O–H groups in total. The quantitative estimate of drug-likeness (QED) is 0.501. The molecule has 4 aliphatic rings. The molecule has 11 heavy (non-hydrogen) atoms. The van der Waals surface area contributed by atoms with Crippen molar-refractivity contribution >= 4 is 0 Å². The van der Waals surface area contributed by atoms with Crippen LogP contribution < -0.4 is 0 Å². The molecule has 0 saturated heterocycles. The Morgan fingerprint density at radius 2 is 2.18 bits per heavy atom. The van der Waals surface area contributed by atoms with E-state index >= 15 is 0 Å². The summed E-state index contributed by atoms with van der Waals surface area (Å²) in [4.78, 5) is 0. The fourth-order valence-electron chi connectivity index (χ4n) is 4.63. The Balaban J connectivity index is 2.10. The second kappa shape index (κ2) is 1.44. The van der Waals surface area contributed by atoms with E-state index in [0.717, 1.165) is 29.6 Å². The van der Waals surface area contributed by atoms with Crippen LogP contribution in [0.4, 0.5) is 0 Å². The van der Waals surface area contributed by atoms with Crippen molar-refractivity contribution in [3.05, 3.63) is 12.7 Å². The smallest absolute Gasteiger partial charge is 0.00273 e. The van der Waals surface area contributed by atoms with Crippen LogP contribution in [-0.2, 0) is 0 Å². The zero-order valence-electron chi connectivity index (χ0n) is 7.38. The van der Waals surface area contributed by atoms with Crippen molar-refractivity contribution in [1.82, 2.24) is 0 Å². The predicted molar refractivity (Wildman–Crippen MR) is 46.0 cm³/mol. The zero-order valence-corrected chi connectivity index (χ0v) is 7.38. The van der Waals surface area contributed by atoms with E-state index in [0.29, 0.717) is 5.41 Å². The van der Waals surface area contributed by atoms with Gasteiger partial charge < -0.3 is 0 Å². The van der Waals surface area contributed by atoms with Crippen LogP contribution >= 0.6 is 0 Å². The van der Waals surface area contributed by atoms with Gasteiger partial charge in [-0.1, -0.05) is 19.9 Å². The molecule has 4 rings (SSSR count). The van der Waals surface area contributed by atoms with Crippen LogP contribution in [0.1, 0.15) is 20.3 Å². The van der Waals surface area contributed by atoms with E-state index in [2.05, 4.69) is 26.5 Å². The van der Waals surface area contributed by atoms with Crippen molar-refractivity contribution in [2.75, 3.05) is 0 Å². The molecule has 0 aliphatic heterocycles. The van der Waals surface area contributed by atoms with Gasteiger partial charge in [0.2, 0.25) is 0 Å². The van der Waals surface area contributed by atoms with Crippen molar-refractivity contribution < 1.29 is 0 Å². The number of allylic oxidation sites excluding steroid dienone is 1. The molecule has 0 heterocycles. The highest BCUT2D eigenvalue weighted by molar-refractivity contribution is 5.32. The molecular formula is C11H16. The standard InChI is InChI=1S/C11H16/c1-4-11-7(3)8-5-9(11)10(11)6(8)2/h4,6-10H,1,5H2,2-3H3. The van der Waals surface area contributed by atoms with Crippen LogP contribution in [0.3, 0.4) is 0 Å². The maximum Gasteiger partial charge on any atom is -0.00273 e.